The van der Waals surface area contributed by atoms with E-state index in [9.17, 15) is 5.26 Å². The number of hydrogen-bond acceptors (Lipinski definition) is 4. The fourth-order valence-corrected chi connectivity index (χ4v) is 2.32. The Morgan fingerprint density at radius 2 is 2.12 bits per heavy atom. The van der Waals surface area contributed by atoms with Crippen molar-refractivity contribution < 1.29 is 0 Å². The molecule has 0 atom stereocenters. The van der Waals surface area contributed by atoms with Crippen molar-refractivity contribution in [2.45, 2.75) is 18.7 Å². The Balaban J connectivity index is 2.70. The molecule has 2 N–H and O–H groups in total. The smallest absolute Gasteiger partial charge is 0.102 e. The van der Waals surface area contributed by atoms with E-state index in [-0.39, 0.29) is 0 Å². The fraction of sp³-hybridized carbons (Fsp3) is 0.462. The predicted molar refractivity (Wildman–Crippen MR) is 74.6 cm³/mol. The van der Waals surface area contributed by atoms with Crippen molar-refractivity contribution in [1.29, 1.82) is 5.26 Å². The van der Waals surface area contributed by atoms with Gasteiger partial charge in [-0.2, -0.15) is 5.26 Å². The van der Waals surface area contributed by atoms with Gasteiger partial charge in [-0.25, -0.2) is 0 Å². The molecule has 0 fully saturated rings. The molecule has 0 radical (unpaired) electrons. The lowest BCUT2D eigenvalue weighted by atomic mass is 10.2. The van der Waals surface area contributed by atoms with E-state index in [2.05, 4.69) is 30.6 Å². The summed E-state index contributed by atoms with van der Waals surface area (Å²) in [7, 11) is 0. The van der Waals surface area contributed by atoms with Gasteiger partial charge in [0.2, 0.25) is 0 Å². The van der Waals surface area contributed by atoms with Gasteiger partial charge in [0.05, 0.1) is 11.3 Å². The van der Waals surface area contributed by atoms with Crippen LogP contribution in [-0.4, -0.2) is 25.4 Å². The molecule has 0 spiro atoms. The molecule has 1 rings (SSSR count). The maximum absolute atomic E-state index is 9.21. The van der Waals surface area contributed by atoms with Crippen LogP contribution in [0.5, 0.6) is 0 Å². The van der Waals surface area contributed by atoms with Crippen LogP contribution < -0.4 is 10.6 Å². The number of rotatable bonds is 7. The van der Waals surface area contributed by atoms with Gasteiger partial charge in [0.1, 0.15) is 6.07 Å². The minimum atomic E-state index is 0.760. The first-order valence-electron chi connectivity index (χ1n) is 5.94. The molecule has 0 saturated heterocycles. The third kappa shape index (κ3) is 4.29. The van der Waals surface area contributed by atoms with Crippen LogP contribution in [0.25, 0.3) is 0 Å². The minimum Gasteiger partial charge on any atom is -0.383 e. The highest BCUT2D eigenvalue weighted by Gasteiger charge is 2.06. The van der Waals surface area contributed by atoms with Crippen molar-refractivity contribution in [2.75, 3.05) is 30.7 Å². The predicted octanol–water partition coefficient (Wildman–Crippen LogP) is 2.69. The summed E-state index contributed by atoms with van der Waals surface area (Å²) in [5.74, 6) is 0.982. The first-order valence-corrected chi connectivity index (χ1v) is 6.92. The molecule has 0 bridgehead atoms. The first-order chi connectivity index (χ1) is 8.33. The maximum Gasteiger partial charge on any atom is 0.102 e. The van der Waals surface area contributed by atoms with E-state index in [0.717, 1.165) is 41.5 Å². The second-order valence-corrected chi connectivity index (χ2v) is 4.81. The van der Waals surface area contributed by atoms with E-state index in [4.69, 9.17) is 0 Å². The average molecular weight is 249 g/mol. The third-order valence-corrected chi connectivity index (χ3v) is 3.24. The molecule has 0 aliphatic carbocycles. The second-order valence-electron chi connectivity index (χ2n) is 3.50. The zero-order valence-corrected chi connectivity index (χ0v) is 11.2. The van der Waals surface area contributed by atoms with E-state index in [1.165, 1.54) is 0 Å². The second kappa shape index (κ2) is 7.99. The van der Waals surface area contributed by atoms with Crippen molar-refractivity contribution in [3.8, 4) is 6.07 Å². The number of thioether (sulfide) groups is 1. The summed E-state index contributed by atoms with van der Waals surface area (Å²) in [4.78, 5) is 1.06. The Morgan fingerprint density at radius 3 is 2.76 bits per heavy atom. The van der Waals surface area contributed by atoms with Gasteiger partial charge >= 0.3 is 0 Å². The molecule has 1 aromatic rings. The summed E-state index contributed by atoms with van der Waals surface area (Å²) in [6.45, 7) is 6.89. The van der Waals surface area contributed by atoms with Crippen molar-refractivity contribution in [3.63, 3.8) is 0 Å². The summed E-state index contributed by atoms with van der Waals surface area (Å²) in [5, 5.41) is 15.8. The monoisotopic (exact) mass is 249 g/mol. The van der Waals surface area contributed by atoms with Crippen LogP contribution in [-0.2, 0) is 0 Å². The van der Waals surface area contributed by atoms with Gasteiger partial charge in [-0.3, -0.25) is 0 Å². The molecule has 92 valence electrons. The molecule has 3 nitrogen and oxygen atoms in total. The number of hydrogen-bond donors (Lipinski definition) is 2. The van der Waals surface area contributed by atoms with Gasteiger partial charge < -0.3 is 10.6 Å². The van der Waals surface area contributed by atoms with Crippen molar-refractivity contribution in [1.82, 2.24) is 5.32 Å². The van der Waals surface area contributed by atoms with Gasteiger partial charge in [-0.05, 0) is 24.4 Å². The minimum absolute atomic E-state index is 0.760. The van der Waals surface area contributed by atoms with Crippen LogP contribution in [0.2, 0.25) is 0 Å². The normalized spacial score (nSPS) is 9.94. The molecule has 0 aliphatic heterocycles. The molecule has 0 aromatic heterocycles. The Bertz CT molecular complexity index is 385. The van der Waals surface area contributed by atoms with Crippen molar-refractivity contribution in [3.05, 3.63) is 23.8 Å². The van der Waals surface area contributed by atoms with Gasteiger partial charge in [-0.1, -0.05) is 19.9 Å². The number of nitrogens with one attached hydrogen (secondary N) is 2. The van der Waals surface area contributed by atoms with Gasteiger partial charge in [0, 0.05) is 18.0 Å². The largest absolute Gasteiger partial charge is 0.383 e. The molecule has 17 heavy (non-hydrogen) atoms. The lowest BCUT2D eigenvalue weighted by Crippen LogP contribution is -2.21. The van der Waals surface area contributed by atoms with E-state index >= 15 is 0 Å². The SMILES string of the molecule is CCNCCNc1cccc(SCC)c1C#N. The molecule has 0 aliphatic rings. The van der Waals surface area contributed by atoms with Crippen LogP contribution in [0.15, 0.2) is 23.1 Å². The lowest BCUT2D eigenvalue weighted by Gasteiger charge is -2.11. The van der Waals surface area contributed by atoms with Crippen LogP contribution in [0.4, 0.5) is 5.69 Å². The molecule has 0 amide bonds. The van der Waals surface area contributed by atoms with Crippen LogP contribution in [0.1, 0.15) is 19.4 Å². The highest BCUT2D eigenvalue weighted by molar-refractivity contribution is 7.99. The molecule has 0 saturated carbocycles. The average Bonchev–Trinajstić information content (AvgIpc) is 2.35. The quantitative estimate of drug-likeness (QED) is 0.576. The first kappa shape index (κ1) is 13.9. The summed E-state index contributed by atoms with van der Waals surface area (Å²) >= 11 is 1.71. The number of nitriles is 1. The highest BCUT2D eigenvalue weighted by Crippen LogP contribution is 2.27. The third-order valence-electron chi connectivity index (χ3n) is 2.31. The maximum atomic E-state index is 9.21. The van der Waals surface area contributed by atoms with E-state index in [0.29, 0.717) is 0 Å². The molecule has 4 heteroatoms. The number of anilines is 1. The fourth-order valence-electron chi connectivity index (χ4n) is 1.53. The van der Waals surface area contributed by atoms with E-state index in [1.807, 2.05) is 18.2 Å². The summed E-state index contributed by atoms with van der Waals surface area (Å²) < 4.78 is 0. The van der Waals surface area contributed by atoms with E-state index in [1.54, 1.807) is 11.8 Å². The van der Waals surface area contributed by atoms with Gasteiger partial charge in [-0.15, -0.1) is 11.8 Å². The number of benzene rings is 1. The lowest BCUT2D eigenvalue weighted by molar-refractivity contribution is 0.739. The molecule has 0 unspecified atom stereocenters. The van der Waals surface area contributed by atoms with Crippen molar-refractivity contribution >= 4 is 17.4 Å². The highest BCUT2D eigenvalue weighted by atomic mass is 32.2. The zero-order valence-electron chi connectivity index (χ0n) is 10.4. The number of likely N-dealkylation sites (N-methyl/N-ethyl adjacent to an activating group) is 1. The van der Waals surface area contributed by atoms with Crippen LogP contribution in [0, 0.1) is 11.3 Å². The molecule has 1 aromatic carbocycles. The van der Waals surface area contributed by atoms with Gasteiger partial charge in [0.25, 0.3) is 0 Å². The Morgan fingerprint density at radius 1 is 1.29 bits per heavy atom. The topological polar surface area (TPSA) is 47.8 Å². The Labute approximate surface area is 108 Å². The molecule has 0 heterocycles. The number of nitrogens with zero attached hydrogens (tertiary/aromatic N) is 1. The Kier molecular flexibility index (Phi) is 6.53. The van der Waals surface area contributed by atoms with Crippen molar-refractivity contribution in [2.24, 2.45) is 0 Å². The summed E-state index contributed by atoms with van der Waals surface area (Å²) in [6.07, 6.45) is 0. The van der Waals surface area contributed by atoms with Gasteiger partial charge in [0.15, 0.2) is 0 Å². The van der Waals surface area contributed by atoms with E-state index < -0.39 is 0 Å². The van der Waals surface area contributed by atoms with Crippen LogP contribution >= 0.6 is 11.8 Å². The van der Waals surface area contributed by atoms with Crippen LogP contribution in [0.3, 0.4) is 0 Å². The molecular weight excluding hydrogens is 230 g/mol. The summed E-state index contributed by atoms with van der Waals surface area (Å²) in [5.41, 5.74) is 1.69. The Hall–Kier alpha value is -1.18. The summed E-state index contributed by atoms with van der Waals surface area (Å²) in [6, 6.07) is 8.25. The standard InChI is InChI=1S/C13H19N3S/c1-3-15-8-9-16-12-6-5-7-13(17-4-2)11(12)10-14/h5-7,15-16H,3-4,8-9H2,1-2H3. The zero-order chi connectivity index (χ0) is 12.5. The molecular formula is C13H19N3S.